The largest absolute Gasteiger partial charge is 0.416 e. The van der Waals surface area contributed by atoms with E-state index in [-0.39, 0.29) is 36.8 Å². The van der Waals surface area contributed by atoms with Crippen molar-refractivity contribution in [3.8, 4) is 0 Å². The Bertz CT molecular complexity index is 522. The zero-order valence-electron chi connectivity index (χ0n) is 12.7. The standard InChI is InChI=1S/C16H21F3N2O.ClH/c17-16(18,19)13-6-3-4-11(8-13)10-21-15(22)9-12-5-1-2-7-14(12)20;/h3-4,6,8,12,14H,1-2,5,7,9-10,20H2,(H,21,22);1H. The van der Waals surface area contributed by atoms with E-state index in [1.807, 2.05) is 0 Å². The minimum Gasteiger partial charge on any atom is -0.352 e. The van der Waals surface area contributed by atoms with Gasteiger partial charge in [-0.25, -0.2) is 0 Å². The van der Waals surface area contributed by atoms with Crippen molar-refractivity contribution in [2.75, 3.05) is 0 Å². The van der Waals surface area contributed by atoms with E-state index in [0.29, 0.717) is 12.0 Å². The second-order valence-corrected chi connectivity index (χ2v) is 5.89. The second-order valence-electron chi connectivity index (χ2n) is 5.89. The molecule has 1 saturated carbocycles. The molecule has 1 aliphatic carbocycles. The van der Waals surface area contributed by atoms with Crippen LogP contribution in [-0.2, 0) is 17.5 Å². The normalized spacial score (nSPS) is 21.4. The van der Waals surface area contributed by atoms with Gasteiger partial charge in [-0.2, -0.15) is 13.2 Å². The summed E-state index contributed by atoms with van der Waals surface area (Å²) >= 11 is 0. The smallest absolute Gasteiger partial charge is 0.352 e. The summed E-state index contributed by atoms with van der Waals surface area (Å²) in [6.07, 6.45) is 0.0432. The molecule has 1 aliphatic rings. The Morgan fingerprint density at radius 1 is 1.26 bits per heavy atom. The van der Waals surface area contributed by atoms with Gasteiger partial charge in [0.2, 0.25) is 5.91 Å². The van der Waals surface area contributed by atoms with Crippen LogP contribution in [0.2, 0.25) is 0 Å². The number of amides is 1. The minimum absolute atomic E-state index is 0. The van der Waals surface area contributed by atoms with Gasteiger partial charge in [0, 0.05) is 19.0 Å². The van der Waals surface area contributed by atoms with Crippen LogP contribution in [0.25, 0.3) is 0 Å². The summed E-state index contributed by atoms with van der Waals surface area (Å²) in [5, 5.41) is 2.68. The molecule has 7 heteroatoms. The van der Waals surface area contributed by atoms with E-state index < -0.39 is 11.7 Å². The Morgan fingerprint density at radius 2 is 1.96 bits per heavy atom. The lowest BCUT2D eigenvalue weighted by Gasteiger charge is -2.27. The Morgan fingerprint density at radius 3 is 2.61 bits per heavy atom. The second kappa shape index (κ2) is 8.55. The number of nitrogens with one attached hydrogen (secondary N) is 1. The average Bonchev–Trinajstić information content (AvgIpc) is 2.47. The maximum Gasteiger partial charge on any atom is 0.416 e. The predicted molar refractivity (Wildman–Crippen MR) is 85.1 cm³/mol. The molecule has 0 radical (unpaired) electrons. The predicted octanol–water partition coefficient (Wildman–Crippen LogP) is 3.65. The van der Waals surface area contributed by atoms with Crippen LogP contribution < -0.4 is 11.1 Å². The molecule has 0 saturated heterocycles. The topological polar surface area (TPSA) is 55.1 Å². The molecule has 0 aromatic heterocycles. The van der Waals surface area contributed by atoms with Gasteiger partial charge in [-0.05, 0) is 36.5 Å². The highest BCUT2D eigenvalue weighted by Gasteiger charge is 2.30. The van der Waals surface area contributed by atoms with Gasteiger partial charge in [0.05, 0.1) is 5.56 Å². The molecule has 130 valence electrons. The fourth-order valence-electron chi connectivity index (χ4n) is 2.86. The van der Waals surface area contributed by atoms with Crippen molar-refractivity contribution in [1.29, 1.82) is 0 Å². The molecule has 1 amide bonds. The molecule has 2 rings (SSSR count). The summed E-state index contributed by atoms with van der Waals surface area (Å²) in [6.45, 7) is 0.102. The number of hydrogen-bond acceptors (Lipinski definition) is 2. The summed E-state index contributed by atoms with van der Waals surface area (Å²) in [5.74, 6) is 0.0232. The van der Waals surface area contributed by atoms with Crippen LogP contribution in [0.3, 0.4) is 0 Å². The Labute approximate surface area is 140 Å². The monoisotopic (exact) mass is 350 g/mol. The van der Waals surface area contributed by atoms with Crippen molar-refractivity contribution in [3.63, 3.8) is 0 Å². The number of nitrogens with two attached hydrogens (primary N) is 1. The maximum atomic E-state index is 12.6. The van der Waals surface area contributed by atoms with Crippen LogP contribution in [-0.4, -0.2) is 11.9 Å². The maximum absolute atomic E-state index is 12.6. The highest BCUT2D eigenvalue weighted by atomic mass is 35.5. The van der Waals surface area contributed by atoms with E-state index in [1.165, 1.54) is 6.07 Å². The molecule has 0 heterocycles. The average molecular weight is 351 g/mol. The molecule has 0 spiro atoms. The van der Waals surface area contributed by atoms with E-state index in [1.54, 1.807) is 6.07 Å². The number of carbonyl (C=O) groups is 1. The Hall–Kier alpha value is -1.27. The molecule has 1 fully saturated rings. The van der Waals surface area contributed by atoms with Gasteiger partial charge < -0.3 is 11.1 Å². The SMILES string of the molecule is Cl.NC1CCCCC1CC(=O)NCc1cccc(C(F)(F)F)c1. The molecule has 3 nitrogen and oxygen atoms in total. The van der Waals surface area contributed by atoms with Crippen molar-refractivity contribution in [3.05, 3.63) is 35.4 Å². The fraction of sp³-hybridized carbons (Fsp3) is 0.562. The lowest BCUT2D eigenvalue weighted by atomic mass is 9.83. The number of rotatable bonds is 4. The molecular weight excluding hydrogens is 329 g/mol. The van der Waals surface area contributed by atoms with Crippen LogP contribution in [0.1, 0.15) is 43.2 Å². The van der Waals surface area contributed by atoms with Gasteiger partial charge in [0.25, 0.3) is 0 Å². The minimum atomic E-state index is -4.37. The zero-order valence-corrected chi connectivity index (χ0v) is 13.6. The number of benzene rings is 1. The van der Waals surface area contributed by atoms with Crippen molar-refractivity contribution >= 4 is 18.3 Å². The van der Waals surface area contributed by atoms with Crippen LogP contribution in [0, 0.1) is 5.92 Å². The molecule has 2 atom stereocenters. The summed E-state index contributed by atoms with van der Waals surface area (Å²) in [4.78, 5) is 11.9. The number of hydrogen-bond donors (Lipinski definition) is 2. The number of alkyl halides is 3. The summed E-state index contributed by atoms with van der Waals surface area (Å²) in [5.41, 5.74) is 5.74. The first kappa shape index (κ1) is 19.8. The highest BCUT2D eigenvalue weighted by Crippen LogP contribution is 2.29. The van der Waals surface area contributed by atoms with Gasteiger partial charge >= 0.3 is 6.18 Å². The number of carbonyl (C=O) groups excluding carboxylic acids is 1. The first-order chi connectivity index (χ1) is 10.4. The van der Waals surface area contributed by atoms with Crippen LogP contribution in [0.5, 0.6) is 0 Å². The zero-order chi connectivity index (χ0) is 16.2. The third kappa shape index (κ3) is 6.03. The lowest BCUT2D eigenvalue weighted by molar-refractivity contribution is -0.137. The molecule has 0 bridgehead atoms. The Balaban J connectivity index is 0.00000264. The van der Waals surface area contributed by atoms with E-state index in [2.05, 4.69) is 5.32 Å². The van der Waals surface area contributed by atoms with Crippen LogP contribution >= 0.6 is 12.4 Å². The lowest BCUT2D eigenvalue weighted by Crippen LogP contribution is -2.37. The van der Waals surface area contributed by atoms with E-state index >= 15 is 0 Å². The van der Waals surface area contributed by atoms with E-state index in [9.17, 15) is 18.0 Å². The van der Waals surface area contributed by atoms with Gasteiger partial charge in [0.1, 0.15) is 0 Å². The van der Waals surface area contributed by atoms with E-state index in [4.69, 9.17) is 5.73 Å². The number of halogens is 4. The first-order valence-corrected chi connectivity index (χ1v) is 7.54. The molecule has 1 aromatic carbocycles. The van der Waals surface area contributed by atoms with Crippen molar-refractivity contribution in [2.24, 2.45) is 11.7 Å². The third-order valence-electron chi connectivity index (χ3n) is 4.16. The molecule has 2 unspecified atom stereocenters. The molecule has 23 heavy (non-hydrogen) atoms. The Kier molecular flexibility index (Phi) is 7.35. The van der Waals surface area contributed by atoms with Crippen molar-refractivity contribution in [2.45, 2.75) is 50.9 Å². The van der Waals surface area contributed by atoms with Gasteiger partial charge in [-0.15, -0.1) is 12.4 Å². The summed E-state index contributed by atoms with van der Waals surface area (Å²) in [6, 6.07) is 5.05. The molecular formula is C16H22ClF3N2O. The molecule has 0 aliphatic heterocycles. The van der Waals surface area contributed by atoms with Gasteiger partial charge in [-0.3, -0.25) is 4.79 Å². The molecule has 1 aromatic rings. The third-order valence-corrected chi connectivity index (χ3v) is 4.16. The van der Waals surface area contributed by atoms with Gasteiger partial charge in [-0.1, -0.05) is 25.0 Å². The molecule has 3 N–H and O–H groups in total. The fourth-order valence-corrected chi connectivity index (χ4v) is 2.86. The van der Waals surface area contributed by atoms with Crippen LogP contribution in [0.4, 0.5) is 13.2 Å². The summed E-state index contributed by atoms with van der Waals surface area (Å²) in [7, 11) is 0. The van der Waals surface area contributed by atoms with E-state index in [0.717, 1.165) is 37.8 Å². The quantitative estimate of drug-likeness (QED) is 0.870. The van der Waals surface area contributed by atoms with Gasteiger partial charge in [0.15, 0.2) is 0 Å². The van der Waals surface area contributed by atoms with Crippen molar-refractivity contribution in [1.82, 2.24) is 5.32 Å². The van der Waals surface area contributed by atoms with Crippen LogP contribution in [0.15, 0.2) is 24.3 Å². The first-order valence-electron chi connectivity index (χ1n) is 7.54. The highest BCUT2D eigenvalue weighted by molar-refractivity contribution is 5.85. The summed E-state index contributed by atoms with van der Waals surface area (Å²) < 4.78 is 37.9. The van der Waals surface area contributed by atoms with Crippen molar-refractivity contribution < 1.29 is 18.0 Å².